The standard InChI is InChI=1S/C20H22N4O2S/c1-13-7-5-6-8-16(13)21-20(27-4)22-19-12-17(23-24-19)15-10-9-14(25-2)11-18(15)26-3/h5-12H,1-4H3,(H2,21,22,23,24). The van der Waals surface area contributed by atoms with Gasteiger partial charge in [-0.1, -0.05) is 30.0 Å². The number of hydrogen-bond acceptors (Lipinski definition) is 5. The third-order valence-electron chi connectivity index (χ3n) is 4.06. The first-order chi connectivity index (χ1) is 13.1. The predicted molar refractivity (Wildman–Crippen MR) is 113 cm³/mol. The zero-order chi connectivity index (χ0) is 19.2. The van der Waals surface area contributed by atoms with E-state index in [-0.39, 0.29) is 0 Å². The van der Waals surface area contributed by atoms with Crippen molar-refractivity contribution in [2.45, 2.75) is 6.92 Å². The molecular formula is C20H22N4O2S. The predicted octanol–water partition coefficient (Wildman–Crippen LogP) is 4.86. The van der Waals surface area contributed by atoms with Crippen molar-refractivity contribution in [1.29, 1.82) is 0 Å². The Labute approximate surface area is 163 Å². The molecule has 1 heterocycles. The molecule has 0 bridgehead atoms. The molecule has 0 atom stereocenters. The second kappa shape index (κ2) is 8.64. The monoisotopic (exact) mass is 382 g/mol. The van der Waals surface area contributed by atoms with Crippen LogP contribution in [0.1, 0.15) is 5.56 Å². The summed E-state index contributed by atoms with van der Waals surface area (Å²) >= 11 is 1.53. The molecular weight excluding hydrogens is 360 g/mol. The lowest BCUT2D eigenvalue weighted by atomic mass is 10.1. The molecule has 0 amide bonds. The molecule has 2 N–H and O–H groups in total. The van der Waals surface area contributed by atoms with Crippen LogP contribution in [0.15, 0.2) is 53.5 Å². The topological polar surface area (TPSA) is 71.5 Å². The molecule has 3 rings (SSSR count). The van der Waals surface area contributed by atoms with Crippen LogP contribution < -0.4 is 14.8 Å². The third kappa shape index (κ3) is 4.43. The van der Waals surface area contributed by atoms with Crippen LogP contribution in [0, 0.1) is 6.92 Å². The summed E-state index contributed by atoms with van der Waals surface area (Å²) < 4.78 is 10.7. The molecule has 1 aromatic heterocycles. The number of H-pyrrole nitrogens is 1. The highest BCUT2D eigenvalue weighted by Gasteiger charge is 2.11. The number of aryl methyl sites for hydroxylation is 1. The van der Waals surface area contributed by atoms with E-state index in [1.54, 1.807) is 14.2 Å². The maximum absolute atomic E-state index is 5.47. The Morgan fingerprint density at radius 2 is 1.93 bits per heavy atom. The molecule has 0 unspecified atom stereocenters. The van der Waals surface area contributed by atoms with Crippen LogP contribution in [-0.4, -0.2) is 35.8 Å². The third-order valence-corrected chi connectivity index (χ3v) is 4.64. The highest BCUT2D eigenvalue weighted by Crippen LogP contribution is 2.33. The molecule has 0 fully saturated rings. The minimum Gasteiger partial charge on any atom is -0.497 e. The number of nitrogens with zero attached hydrogens (tertiary/aromatic N) is 2. The maximum Gasteiger partial charge on any atom is 0.176 e. The number of aromatic amines is 1. The van der Waals surface area contributed by atoms with Crippen LogP contribution in [0.5, 0.6) is 11.5 Å². The van der Waals surface area contributed by atoms with Gasteiger partial charge < -0.3 is 14.8 Å². The van der Waals surface area contributed by atoms with E-state index in [9.17, 15) is 0 Å². The number of rotatable bonds is 5. The summed E-state index contributed by atoms with van der Waals surface area (Å²) in [5.74, 6) is 2.03. The second-order valence-corrected chi connectivity index (χ2v) is 6.56. The van der Waals surface area contributed by atoms with E-state index >= 15 is 0 Å². The molecule has 0 spiro atoms. The average Bonchev–Trinajstić information content (AvgIpc) is 3.16. The number of nitrogens with one attached hydrogen (secondary N) is 2. The summed E-state index contributed by atoms with van der Waals surface area (Å²) in [6.07, 6.45) is 1.98. The van der Waals surface area contributed by atoms with Gasteiger partial charge in [0, 0.05) is 23.4 Å². The Hall–Kier alpha value is -2.93. The van der Waals surface area contributed by atoms with Crippen LogP contribution in [0.2, 0.25) is 0 Å². The highest BCUT2D eigenvalue weighted by molar-refractivity contribution is 8.13. The molecule has 140 valence electrons. The van der Waals surface area contributed by atoms with Gasteiger partial charge in [-0.2, -0.15) is 5.10 Å². The van der Waals surface area contributed by atoms with Crippen molar-refractivity contribution in [2.24, 2.45) is 4.99 Å². The summed E-state index contributed by atoms with van der Waals surface area (Å²) in [7, 11) is 3.26. The minimum atomic E-state index is 0.591. The van der Waals surface area contributed by atoms with Gasteiger partial charge in [0.2, 0.25) is 0 Å². The number of aromatic nitrogens is 2. The zero-order valence-electron chi connectivity index (χ0n) is 15.7. The largest absolute Gasteiger partial charge is 0.497 e. The number of thioether (sulfide) groups is 1. The molecule has 0 aliphatic heterocycles. The van der Waals surface area contributed by atoms with Crippen molar-refractivity contribution < 1.29 is 9.47 Å². The fourth-order valence-electron chi connectivity index (χ4n) is 2.58. The normalized spacial score (nSPS) is 11.3. The lowest BCUT2D eigenvalue weighted by Gasteiger charge is -2.09. The Morgan fingerprint density at radius 3 is 2.63 bits per heavy atom. The molecule has 3 aromatic rings. The van der Waals surface area contributed by atoms with E-state index in [0.29, 0.717) is 11.6 Å². The van der Waals surface area contributed by atoms with Crippen molar-refractivity contribution in [1.82, 2.24) is 10.2 Å². The van der Waals surface area contributed by atoms with Crippen LogP contribution in [0.25, 0.3) is 11.3 Å². The van der Waals surface area contributed by atoms with Crippen molar-refractivity contribution >= 4 is 28.4 Å². The molecule has 6 nitrogen and oxygen atoms in total. The van der Waals surface area contributed by atoms with Gasteiger partial charge in [0.25, 0.3) is 0 Å². The number of benzene rings is 2. The number of methoxy groups -OCH3 is 2. The lowest BCUT2D eigenvalue weighted by Crippen LogP contribution is -2.07. The molecule has 0 radical (unpaired) electrons. The van der Waals surface area contributed by atoms with Gasteiger partial charge in [0.1, 0.15) is 11.5 Å². The maximum atomic E-state index is 5.47. The molecule has 0 aliphatic rings. The van der Waals surface area contributed by atoms with Crippen molar-refractivity contribution in [3.8, 4) is 22.8 Å². The number of hydrogen-bond donors (Lipinski definition) is 2. The first-order valence-corrected chi connectivity index (χ1v) is 9.60. The number of aliphatic imine (C=N–C) groups is 1. The summed E-state index contributed by atoms with van der Waals surface area (Å²) in [5.41, 5.74) is 3.90. The Kier molecular flexibility index (Phi) is 6.03. The fraction of sp³-hybridized carbons (Fsp3) is 0.200. The van der Waals surface area contributed by atoms with Crippen LogP contribution in [0.4, 0.5) is 11.5 Å². The van der Waals surface area contributed by atoms with E-state index in [0.717, 1.165) is 33.4 Å². The van der Waals surface area contributed by atoms with Gasteiger partial charge in [-0.3, -0.25) is 5.10 Å². The number of para-hydroxylation sites is 1. The van der Waals surface area contributed by atoms with Gasteiger partial charge >= 0.3 is 0 Å². The quantitative estimate of drug-likeness (QED) is 0.487. The Morgan fingerprint density at radius 1 is 1.11 bits per heavy atom. The molecule has 27 heavy (non-hydrogen) atoms. The summed E-state index contributed by atoms with van der Waals surface area (Å²) in [5, 5.41) is 11.5. The number of amidine groups is 1. The summed E-state index contributed by atoms with van der Waals surface area (Å²) in [6, 6.07) is 15.6. The first-order valence-electron chi connectivity index (χ1n) is 8.37. The van der Waals surface area contributed by atoms with E-state index in [1.807, 2.05) is 48.7 Å². The Balaban J connectivity index is 1.86. The van der Waals surface area contributed by atoms with Crippen molar-refractivity contribution in [3.05, 3.63) is 54.1 Å². The highest BCUT2D eigenvalue weighted by atomic mass is 32.2. The summed E-state index contributed by atoms with van der Waals surface area (Å²) in [4.78, 5) is 4.61. The van der Waals surface area contributed by atoms with Gasteiger partial charge in [0.15, 0.2) is 11.0 Å². The SMILES string of the molecule is COc1ccc(-c2cc(N=C(Nc3ccccc3C)SC)n[nH]2)c(OC)c1. The van der Waals surface area contributed by atoms with Gasteiger partial charge in [0.05, 0.1) is 19.9 Å². The van der Waals surface area contributed by atoms with Gasteiger partial charge in [-0.25, -0.2) is 4.99 Å². The van der Waals surface area contributed by atoms with E-state index in [2.05, 4.69) is 33.5 Å². The average molecular weight is 382 g/mol. The van der Waals surface area contributed by atoms with Gasteiger partial charge in [-0.15, -0.1) is 0 Å². The van der Waals surface area contributed by atoms with Crippen molar-refractivity contribution in [3.63, 3.8) is 0 Å². The fourth-order valence-corrected chi connectivity index (χ4v) is 2.98. The molecule has 0 saturated heterocycles. The first kappa shape index (κ1) is 18.8. The van der Waals surface area contributed by atoms with Crippen LogP contribution in [-0.2, 0) is 0 Å². The van der Waals surface area contributed by atoms with Gasteiger partial charge in [-0.05, 0) is 36.9 Å². The minimum absolute atomic E-state index is 0.591. The number of ether oxygens (including phenoxy) is 2. The van der Waals surface area contributed by atoms with E-state index in [4.69, 9.17) is 9.47 Å². The number of anilines is 1. The summed E-state index contributed by atoms with van der Waals surface area (Å²) in [6.45, 7) is 2.06. The molecule has 7 heteroatoms. The molecule has 2 aromatic carbocycles. The second-order valence-electron chi connectivity index (χ2n) is 5.77. The van der Waals surface area contributed by atoms with E-state index < -0.39 is 0 Å². The van der Waals surface area contributed by atoms with E-state index in [1.165, 1.54) is 11.8 Å². The van der Waals surface area contributed by atoms with Crippen molar-refractivity contribution in [2.75, 3.05) is 25.8 Å². The zero-order valence-corrected chi connectivity index (χ0v) is 16.6. The lowest BCUT2D eigenvalue weighted by molar-refractivity contribution is 0.395. The molecule has 0 aliphatic carbocycles. The van der Waals surface area contributed by atoms with Crippen LogP contribution in [0.3, 0.4) is 0 Å². The Bertz CT molecular complexity index is 953. The van der Waals surface area contributed by atoms with Crippen LogP contribution >= 0.6 is 11.8 Å². The smallest absolute Gasteiger partial charge is 0.176 e. The molecule has 0 saturated carbocycles.